The van der Waals surface area contributed by atoms with E-state index in [2.05, 4.69) is 4.99 Å². The molecule has 2 heterocycles. The summed E-state index contributed by atoms with van der Waals surface area (Å²) in [5.41, 5.74) is 0.951. The van der Waals surface area contributed by atoms with Crippen molar-refractivity contribution in [2.24, 2.45) is 10.4 Å². The van der Waals surface area contributed by atoms with Gasteiger partial charge < -0.3 is 14.2 Å². The molecule has 8 heteroatoms. The van der Waals surface area contributed by atoms with Crippen LogP contribution in [0.15, 0.2) is 29.3 Å². The molecule has 31 heavy (non-hydrogen) atoms. The summed E-state index contributed by atoms with van der Waals surface area (Å²) >= 11 is 0. The quantitative estimate of drug-likeness (QED) is 0.610. The van der Waals surface area contributed by atoms with E-state index in [1.165, 1.54) is 6.92 Å². The zero-order valence-corrected chi connectivity index (χ0v) is 19.0. The molecular formula is C23H33N3O5. The van der Waals surface area contributed by atoms with Crippen LogP contribution in [0.2, 0.25) is 0 Å². The SMILES string of the molecule is COC1CCCCN1C(OC1c2ccccc2N=CN1COC(=O)C(C)(C)C)C(C)=O. The highest BCUT2D eigenvalue weighted by Gasteiger charge is 2.37. The molecule has 2 aliphatic rings. The van der Waals surface area contributed by atoms with Crippen molar-refractivity contribution in [2.45, 2.75) is 65.6 Å². The first kappa shape index (κ1) is 23.4. The normalized spacial score (nSPS) is 22.7. The van der Waals surface area contributed by atoms with Gasteiger partial charge in [-0.25, -0.2) is 9.89 Å². The maximum absolute atomic E-state index is 12.6. The molecular weight excluding hydrogens is 398 g/mol. The highest BCUT2D eigenvalue weighted by molar-refractivity contribution is 5.80. The summed E-state index contributed by atoms with van der Waals surface area (Å²) < 4.78 is 17.6. The van der Waals surface area contributed by atoms with Crippen LogP contribution in [0.5, 0.6) is 0 Å². The van der Waals surface area contributed by atoms with E-state index in [1.54, 1.807) is 39.1 Å². The molecule has 1 aromatic rings. The lowest BCUT2D eigenvalue weighted by atomic mass is 9.97. The van der Waals surface area contributed by atoms with Gasteiger partial charge in [-0.2, -0.15) is 0 Å². The number of fused-ring (bicyclic) bond motifs is 1. The third kappa shape index (κ3) is 5.50. The third-order valence-electron chi connectivity index (χ3n) is 5.47. The van der Waals surface area contributed by atoms with Gasteiger partial charge in [0, 0.05) is 19.2 Å². The number of nitrogens with zero attached hydrogens (tertiary/aromatic N) is 3. The topological polar surface area (TPSA) is 80.7 Å². The van der Waals surface area contributed by atoms with Gasteiger partial charge in [-0.15, -0.1) is 0 Å². The van der Waals surface area contributed by atoms with Crippen molar-refractivity contribution in [2.75, 3.05) is 20.4 Å². The van der Waals surface area contributed by atoms with Crippen LogP contribution in [0.4, 0.5) is 5.69 Å². The molecule has 1 saturated heterocycles. The number of methoxy groups -OCH3 is 1. The summed E-state index contributed by atoms with van der Waals surface area (Å²) in [5.74, 6) is -0.423. The van der Waals surface area contributed by atoms with Crippen LogP contribution >= 0.6 is 0 Å². The van der Waals surface area contributed by atoms with Crippen molar-refractivity contribution in [3.05, 3.63) is 29.8 Å². The largest absolute Gasteiger partial charge is 0.444 e. The fraction of sp³-hybridized carbons (Fsp3) is 0.609. The molecule has 3 rings (SSSR count). The van der Waals surface area contributed by atoms with Gasteiger partial charge in [0.2, 0.25) is 0 Å². The maximum atomic E-state index is 12.6. The van der Waals surface area contributed by atoms with Crippen molar-refractivity contribution in [1.82, 2.24) is 9.80 Å². The lowest BCUT2D eigenvalue weighted by molar-refractivity contribution is -0.204. The van der Waals surface area contributed by atoms with Crippen LogP contribution in [0, 0.1) is 5.41 Å². The highest BCUT2D eigenvalue weighted by atomic mass is 16.6. The highest BCUT2D eigenvalue weighted by Crippen LogP contribution is 2.36. The molecule has 0 bridgehead atoms. The molecule has 0 aromatic heterocycles. The van der Waals surface area contributed by atoms with Crippen LogP contribution < -0.4 is 0 Å². The Morgan fingerprint density at radius 1 is 1.23 bits per heavy atom. The molecule has 2 aliphatic heterocycles. The summed E-state index contributed by atoms with van der Waals surface area (Å²) in [5, 5.41) is 0. The number of Topliss-reactive ketones (excluding diaryl/α,β-unsaturated/α-hetero) is 1. The number of ether oxygens (including phenoxy) is 3. The average Bonchev–Trinajstić information content (AvgIpc) is 2.75. The summed E-state index contributed by atoms with van der Waals surface area (Å²) in [6.07, 6.45) is 2.88. The molecule has 0 spiro atoms. The minimum atomic E-state index is -0.782. The smallest absolute Gasteiger partial charge is 0.312 e. The molecule has 3 atom stereocenters. The minimum absolute atomic E-state index is 0.0308. The molecule has 0 amide bonds. The number of para-hydroxylation sites is 1. The molecule has 8 nitrogen and oxygen atoms in total. The Morgan fingerprint density at radius 3 is 2.65 bits per heavy atom. The van der Waals surface area contributed by atoms with Gasteiger partial charge >= 0.3 is 5.97 Å². The zero-order chi connectivity index (χ0) is 22.6. The van der Waals surface area contributed by atoms with E-state index >= 15 is 0 Å². The molecule has 0 N–H and O–H groups in total. The molecule has 3 unspecified atom stereocenters. The Labute approximate surface area is 184 Å². The first-order valence-corrected chi connectivity index (χ1v) is 10.7. The van der Waals surface area contributed by atoms with Crippen molar-refractivity contribution in [3.63, 3.8) is 0 Å². The predicted molar refractivity (Wildman–Crippen MR) is 116 cm³/mol. The van der Waals surface area contributed by atoms with Gasteiger partial charge in [-0.3, -0.25) is 14.5 Å². The van der Waals surface area contributed by atoms with E-state index in [0.717, 1.165) is 30.5 Å². The molecule has 0 aliphatic carbocycles. The van der Waals surface area contributed by atoms with Crippen LogP contribution in [0.25, 0.3) is 0 Å². The molecule has 0 radical (unpaired) electrons. The third-order valence-corrected chi connectivity index (χ3v) is 5.47. The molecule has 0 saturated carbocycles. The number of likely N-dealkylation sites (tertiary alicyclic amines) is 1. The number of esters is 1. The number of rotatable bonds is 7. The summed E-state index contributed by atoms with van der Waals surface area (Å²) in [7, 11) is 1.65. The lowest BCUT2D eigenvalue weighted by Crippen LogP contribution is -2.53. The van der Waals surface area contributed by atoms with Crippen molar-refractivity contribution >= 4 is 23.8 Å². The van der Waals surface area contributed by atoms with E-state index in [4.69, 9.17) is 14.2 Å². The Hall–Kier alpha value is -2.29. The van der Waals surface area contributed by atoms with Crippen molar-refractivity contribution < 1.29 is 23.8 Å². The lowest BCUT2D eigenvalue weighted by Gasteiger charge is -2.42. The second-order valence-corrected chi connectivity index (χ2v) is 9.00. The predicted octanol–water partition coefficient (Wildman–Crippen LogP) is 3.60. The zero-order valence-electron chi connectivity index (χ0n) is 19.0. The van der Waals surface area contributed by atoms with E-state index in [9.17, 15) is 9.59 Å². The molecule has 170 valence electrons. The Kier molecular flexibility index (Phi) is 7.46. The summed E-state index contributed by atoms with van der Waals surface area (Å²) in [4.78, 5) is 33.1. The molecule has 1 fully saturated rings. The first-order valence-electron chi connectivity index (χ1n) is 10.7. The van der Waals surface area contributed by atoms with E-state index in [1.807, 2.05) is 29.2 Å². The van der Waals surface area contributed by atoms with Gasteiger partial charge in [0.1, 0.15) is 6.23 Å². The maximum Gasteiger partial charge on any atom is 0.312 e. The van der Waals surface area contributed by atoms with Crippen LogP contribution in [0.3, 0.4) is 0 Å². The fourth-order valence-corrected chi connectivity index (χ4v) is 3.77. The second-order valence-electron chi connectivity index (χ2n) is 9.00. The van der Waals surface area contributed by atoms with Gasteiger partial charge in [-0.1, -0.05) is 18.2 Å². The number of ketones is 1. The Bertz CT molecular complexity index is 820. The van der Waals surface area contributed by atoms with Gasteiger partial charge in [0.15, 0.2) is 25.0 Å². The van der Waals surface area contributed by atoms with Crippen LogP contribution in [0.1, 0.15) is 58.7 Å². The Balaban J connectivity index is 1.86. The average molecular weight is 432 g/mol. The molecule has 1 aromatic carbocycles. The number of piperidine rings is 1. The van der Waals surface area contributed by atoms with Crippen LogP contribution in [-0.4, -0.2) is 60.7 Å². The standard InChI is InChI=1S/C23H33N3O5/c1-16(27)20(26-13-9-8-12-19(26)29-5)31-21-17-10-6-7-11-18(17)24-14-25(21)15-30-22(28)23(2,3)4/h6-7,10-11,14,19-21H,8-9,12-13,15H2,1-5H3. The van der Waals surface area contributed by atoms with E-state index < -0.39 is 17.9 Å². The second kappa shape index (κ2) is 9.89. The number of carbonyl (C=O) groups excluding carboxylic acids is 2. The van der Waals surface area contributed by atoms with Crippen LogP contribution in [-0.2, 0) is 23.8 Å². The van der Waals surface area contributed by atoms with E-state index in [0.29, 0.717) is 6.54 Å². The number of benzene rings is 1. The number of carbonyl (C=O) groups is 2. The number of hydrogen-bond donors (Lipinski definition) is 0. The first-order chi connectivity index (χ1) is 14.7. The monoisotopic (exact) mass is 431 g/mol. The van der Waals surface area contributed by atoms with Crippen molar-refractivity contribution in [1.29, 1.82) is 0 Å². The van der Waals surface area contributed by atoms with Crippen molar-refractivity contribution in [3.8, 4) is 0 Å². The number of hydrogen-bond acceptors (Lipinski definition) is 8. The van der Waals surface area contributed by atoms with Gasteiger partial charge in [0.25, 0.3) is 0 Å². The summed E-state index contributed by atoms with van der Waals surface area (Å²) in [6, 6.07) is 7.60. The van der Waals surface area contributed by atoms with Gasteiger partial charge in [0.05, 0.1) is 17.4 Å². The summed E-state index contributed by atoms with van der Waals surface area (Å²) in [6.45, 7) is 7.61. The minimum Gasteiger partial charge on any atom is -0.444 e. The Morgan fingerprint density at radius 2 is 1.97 bits per heavy atom. The fourth-order valence-electron chi connectivity index (χ4n) is 3.77. The van der Waals surface area contributed by atoms with E-state index in [-0.39, 0.29) is 24.7 Å². The number of aliphatic imine (C=N–C) groups is 1. The van der Waals surface area contributed by atoms with Gasteiger partial charge in [-0.05, 0) is 53.0 Å².